The standard InChI is InChI=1S/C22H25N3O/c1-16-7-8-19(13-17(16)2)24-9-11-25(12-10-24)22(26)14-18-15-23-21-6-4-3-5-20(18)21/h3-8,13,15,23H,9-12,14H2,1-2H3. The number of nitrogens with one attached hydrogen (secondary N) is 1. The number of aromatic nitrogens is 1. The smallest absolute Gasteiger partial charge is 0.227 e. The Morgan fingerprint density at radius 2 is 1.77 bits per heavy atom. The third kappa shape index (κ3) is 3.19. The highest BCUT2D eigenvalue weighted by Gasteiger charge is 2.22. The molecule has 2 heterocycles. The lowest BCUT2D eigenvalue weighted by atomic mass is 10.1. The summed E-state index contributed by atoms with van der Waals surface area (Å²) in [7, 11) is 0. The minimum atomic E-state index is 0.217. The molecule has 0 bridgehead atoms. The molecule has 4 nitrogen and oxygen atoms in total. The zero-order valence-corrected chi connectivity index (χ0v) is 15.5. The van der Waals surface area contributed by atoms with E-state index >= 15 is 0 Å². The SMILES string of the molecule is Cc1ccc(N2CCN(C(=O)Cc3c[nH]c4ccccc34)CC2)cc1C. The second-order valence-corrected chi connectivity index (χ2v) is 7.17. The molecule has 0 atom stereocenters. The fourth-order valence-corrected chi connectivity index (χ4v) is 3.69. The fourth-order valence-electron chi connectivity index (χ4n) is 3.69. The Morgan fingerprint density at radius 1 is 1.00 bits per heavy atom. The van der Waals surface area contributed by atoms with E-state index in [0.717, 1.165) is 42.6 Å². The van der Waals surface area contributed by atoms with Crippen molar-refractivity contribution < 1.29 is 4.79 Å². The van der Waals surface area contributed by atoms with Gasteiger partial charge >= 0.3 is 0 Å². The van der Waals surface area contributed by atoms with Crippen LogP contribution in [0.2, 0.25) is 0 Å². The second-order valence-electron chi connectivity index (χ2n) is 7.17. The summed E-state index contributed by atoms with van der Waals surface area (Å²) in [6, 6.07) is 14.8. The summed E-state index contributed by atoms with van der Waals surface area (Å²) >= 11 is 0. The molecule has 0 spiro atoms. The van der Waals surface area contributed by atoms with Crippen molar-refractivity contribution in [3.05, 3.63) is 65.4 Å². The molecule has 4 heteroatoms. The molecule has 1 fully saturated rings. The molecule has 2 aromatic carbocycles. The van der Waals surface area contributed by atoms with Gasteiger partial charge in [-0.25, -0.2) is 0 Å². The number of carbonyl (C=O) groups is 1. The number of nitrogens with zero attached hydrogens (tertiary/aromatic N) is 2. The van der Waals surface area contributed by atoms with Crippen molar-refractivity contribution in [3.63, 3.8) is 0 Å². The Kier molecular flexibility index (Phi) is 4.41. The van der Waals surface area contributed by atoms with Crippen LogP contribution in [0, 0.1) is 13.8 Å². The molecule has 4 rings (SSSR count). The highest BCUT2D eigenvalue weighted by Crippen LogP contribution is 2.22. The van der Waals surface area contributed by atoms with Gasteiger partial charge < -0.3 is 14.8 Å². The van der Waals surface area contributed by atoms with Crippen LogP contribution in [0.25, 0.3) is 10.9 Å². The van der Waals surface area contributed by atoms with Crippen LogP contribution in [0.1, 0.15) is 16.7 Å². The van der Waals surface area contributed by atoms with E-state index in [-0.39, 0.29) is 5.91 Å². The van der Waals surface area contributed by atoms with E-state index in [9.17, 15) is 4.79 Å². The maximum Gasteiger partial charge on any atom is 0.227 e. The Hall–Kier alpha value is -2.75. The summed E-state index contributed by atoms with van der Waals surface area (Å²) in [5, 5.41) is 1.15. The summed E-state index contributed by atoms with van der Waals surface area (Å²) in [6.45, 7) is 7.65. The van der Waals surface area contributed by atoms with Gasteiger partial charge in [-0.1, -0.05) is 24.3 Å². The summed E-state index contributed by atoms with van der Waals surface area (Å²) in [4.78, 5) is 20.4. The molecule has 3 aromatic rings. The molecule has 1 aliphatic rings. The maximum atomic E-state index is 12.7. The van der Waals surface area contributed by atoms with Crippen molar-refractivity contribution in [2.45, 2.75) is 20.3 Å². The predicted molar refractivity (Wildman–Crippen MR) is 107 cm³/mol. The first-order valence-corrected chi connectivity index (χ1v) is 9.27. The molecule has 1 amide bonds. The molecule has 1 aliphatic heterocycles. The quantitative estimate of drug-likeness (QED) is 0.785. The number of amides is 1. The van der Waals surface area contributed by atoms with Gasteiger partial charge in [0.25, 0.3) is 0 Å². The van der Waals surface area contributed by atoms with Crippen LogP contribution in [0.4, 0.5) is 5.69 Å². The number of hydrogen-bond donors (Lipinski definition) is 1. The van der Waals surface area contributed by atoms with Crippen LogP contribution in [0.15, 0.2) is 48.7 Å². The van der Waals surface area contributed by atoms with Gasteiger partial charge in [0.2, 0.25) is 5.91 Å². The van der Waals surface area contributed by atoms with Crippen molar-refractivity contribution in [2.24, 2.45) is 0 Å². The van der Waals surface area contributed by atoms with Gasteiger partial charge in [-0.2, -0.15) is 0 Å². The monoisotopic (exact) mass is 347 g/mol. The van der Waals surface area contributed by atoms with Crippen LogP contribution in [-0.2, 0) is 11.2 Å². The third-order valence-electron chi connectivity index (χ3n) is 5.50. The Bertz CT molecular complexity index is 935. The molecule has 0 aliphatic carbocycles. The molecule has 0 saturated carbocycles. The van der Waals surface area contributed by atoms with E-state index in [1.807, 2.05) is 29.3 Å². The van der Waals surface area contributed by atoms with Crippen LogP contribution < -0.4 is 4.90 Å². The Balaban J connectivity index is 1.39. The molecule has 134 valence electrons. The molecule has 1 aromatic heterocycles. The van der Waals surface area contributed by atoms with Gasteiger partial charge in [-0.05, 0) is 48.7 Å². The number of piperazine rings is 1. The average Bonchev–Trinajstić information content (AvgIpc) is 3.07. The van der Waals surface area contributed by atoms with E-state index in [2.05, 4.69) is 48.0 Å². The normalized spacial score (nSPS) is 14.8. The highest BCUT2D eigenvalue weighted by molar-refractivity contribution is 5.89. The van der Waals surface area contributed by atoms with E-state index in [4.69, 9.17) is 0 Å². The van der Waals surface area contributed by atoms with Crippen LogP contribution in [0.3, 0.4) is 0 Å². The lowest BCUT2D eigenvalue weighted by Gasteiger charge is -2.36. The van der Waals surface area contributed by atoms with Gasteiger partial charge in [-0.3, -0.25) is 4.79 Å². The summed E-state index contributed by atoms with van der Waals surface area (Å²) in [5.74, 6) is 0.217. The summed E-state index contributed by atoms with van der Waals surface area (Å²) in [5.41, 5.74) is 6.08. The lowest BCUT2D eigenvalue weighted by Crippen LogP contribution is -2.49. The number of fused-ring (bicyclic) bond motifs is 1. The van der Waals surface area contributed by atoms with E-state index in [1.165, 1.54) is 16.8 Å². The van der Waals surface area contributed by atoms with Crippen molar-refractivity contribution in [3.8, 4) is 0 Å². The molecule has 0 radical (unpaired) electrons. The highest BCUT2D eigenvalue weighted by atomic mass is 16.2. The van der Waals surface area contributed by atoms with Crippen molar-refractivity contribution in [1.29, 1.82) is 0 Å². The van der Waals surface area contributed by atoms with Gasteiger partial charge in [0, 0.05) is 49.0 Å². The van der Waals surface area contributed by atoms with Crippen LogP contribution >= 0.6 is 0 Å². The molecular weight excluding hydrogens is 322 g/mol. The van der Waals surface area contributed by atoms with Gasteiger partial charge in [0.15, 0.2) is 0 Å². The summed E-state index contributed by atoms with van der Waals surface area (Å²) < 4.78 is 0. The van der Waals surface area contributed by atoms with Crippen LogP contribution in [-0.4, -0.2) is 42.0 Å². The molecular formula is C22H25N3O. The number of hydrogen-bond acceptors (Lipinski definition) is 2. The number of carbonyl (C=O) groups excluding carboxylic acids is 1. The Labute approximate surface area is 154 Å². The number of anilines is 1. The van der Waals surface area contributed by atoms with Gasteiger partial charge in [0.1, 0.15) is 0 Å². The molecule has 1 N–H and O–H groups in total. The van der Waals surface area contributed by atoms with E-state index in [0.29, 0.717) is 6.42 Å². The van der Waals surface area contributed by atoms with Gasteiger partial charge in [0.05, 0.1) is 6.42 Å². The maximum absolute atomic E-state index is 12.7. The van der Waals surface area contributed by atoms with Crippen molar-refractivity contribution in [2.75, 3.05) is 31.1 Å². The second kappa shape index (κ2) is 6.87. The first kappa shape index (κ1) is 16.7. The Morgan fingerprint density at radius 3 is 2.54 bits per heavy atom. The number of aryl methyl sites for hydroxylation is 2. The number of para-hydroxylation sites is 1. The number of aromatic amines is 1. The first-order valence-electron chi connectivity index (χ1n) is 9.27. The molecule has 0 unspecified atom stereocenters. The topological polar surface area (TPSA) is 39.3 Å². The zero-order chi connectivity index (χ0) is 18.1. The third-order valence-corrected chi connectivity index (χ3v) is 5.50. The fraction of sp³-hybridized carbons (Fsp3) is 0.318. The first-order chi connectivity index (χ1) is 12.6. The van der Waals surface area contributed by atoms with E-state index in [1.54, 1.807) is 0 Å². The van der Waals surface area contributed by atoms with Crippen molar-refractivity contribution in [1.82, 2.24) is 9.88 Å². The largest absolute Gasteiger partial charge is 0.368 e. The average molecular weight is 347 g/mol. The summed E-state index contributed by atoms with van der Waals surface area (Å²) in [6.07, 6.45) is 2.43. The van der Waals surface area contributed by atoms with E-state index < -0.39 is 0 Å². The number of rotatable bonds is 3. The minimum Gasteiger partial charge on any atom is -0.368 e. The number of benzene rings is 2. The molecule has 1 saturated heterocycles. The van der Waals surface area contributed by atoms with Crippen LogP contribution in [0.5, 0.6) is 0 Å². The van der Waals surface area contributed by atoms with Crippen molar-refractivity contribution >= 4 is 22.5 Å². The zero-order valence-electron chi connectivity index (χ0n) is 15.5. The van der Waals surface area contributed by atoms with Gasteiger partial charge in [-0.15, -0.1) is 0 Å². The molecule has 26 heavy (non-hydrogen) atoms. The lowest BCUT2D eigenvalue weighted by molar-refractivity contribution is -0.130. The minimum absolute atomic E-state index is 0.217. The predicted octanol–water partition coefficient (Wildman–Crippen LogP) is 3.68. The number of H-pyrrole nitrogens is 1.